The molecule has 0 aliphatic rings. The van der Waals surface area contributed by atoms with E-state index in [1.165, 1.54) is 24.3 Å². The molecule has 126 valence electrons. The Morgan fingerprint density at radius 3 is 2.56 bits per heavy atom. The molecular weight excluding hydrogens is 326 g/mol. The highest BCUT2D eigenvalue weighted by Gasteiger charge is 2.14. The van der Waals surface area contributed by atoms with E-state index >= 15 is 0 Å². The predicted molar refractivity (Wildman–Crippen MR) is 89.4 cm³/mol. The first-order valence-electron chi connectivity index (χ1n) is 7.39. The van der Waals surface area contributed by atoms with Crippen molar-refractivity contribution in [1.29, 1.82) is 0 Å². The van der Waals surface area contributed by atoms with Crippen molar-refractivity contribution in [2.75, 3.05) is 0 Å². The Morgan fingerprint density at radius 2 is 1.88 bits per heavy atom. The molecule has 0 saturated heterocycles. The minimum atomic E-state index is -0.780. The maximum Gasteiger partial charge on any atom is 0.374 e. The average molecular weight is 339 g/mol. The summed E-state index contributed by atoms with van der Waals surface area (Å²) in [7, 11) is 0. The van der Waals surface area contributed by atoms with E-state index in [1.54, 1.807) is 18.2 Å². The largest absolute Gasteiger partial charge is 0.455 e. The van der Waals surface area contributed by atoms with Crippen LogP contribution in [0, 0.1) is 17.0 Å². The lowest BCUT2D eigenvalue weighted by molar-refractivity contribution is -0.384. The summed E-state index contributed by atoms with van der Waals surface area (Å²) in [4.78, 5) is 34.3. The van der Waals surface area contributed by atoms with Crippen molar-refractivity contribution in [3.63, 3.8) is 0 Å². The van der Waals surface area contributed by atoms with Crippen LogP contribution in [0.25, 0.3) is 11.0 Å². The van der Waals surface area contributed by atoms with E-state index in [4.69, 9.17) is 9.15 Å². The van der Waals surface area contributed by atoms with E-state index < -0.39 is 10.9 Å². The Bertz CT molecular complexity index is 1020. The Morgan fingerprint density at radius 1 is 1.16 bits per heavy atom. The van der Waals surface area contributed by atoms with E-state index in [9.17, 15) is 19.7 Å². The molecule has 1 heterocycles. The minimum absolute atomic E-state index is 0.0501. The zero-order chi connectivity index (χ0) is 18.0. The summed E-state index contributed by atoms with van der Waals surface area (Å²) in [5.74, 6) is -0.971. The van der Waals surface area contributed by atoms with Gasteiger partial charge < -0.3 is 9.15 Å². The number of benzene rings is 2. The monoisotopic (exact) mass is 339 g/mol. The standard InChI is InChI=1S/C18H13NO6/c1-11-2-7-16-14(8-11)15(20)9-17(25-16)18(21)24-10-12-3-5-13(6-4-12)19(22)23/h2-9H,10H2,1H3. The van der Waals surface area contributed by atoms with Gasteiger partial charge in [0.05, 0.1) is 10.3 Å². The number of esters is 1. The SMILES string of the molecule is Cc1ccc2oc(C(=O)OCc3ccc([N+](=O)[O-])cc3)cc(=O)c2c1. The molecular formula is C18H13NO6. The molecule has 0 amide bonds. The molecule has 0 spiro atoms. The van der Waals surface area contributed by atoms with E-state index in [1.807, 2.05) is 6.92 Å². The molecule has 7 nitrogen and oxygen atoms in total. The van der Waals surface area contributed by atoms with Gasteiger partial charge in [-0.05, 0) is 36.8 Å². The van der Waals surface area contributed by atoms with Gasteiger partial charge in [0, 0.05) is 18.2 Å². The van der Waals surface area contributed by atoms with Gasteiger partial charge in [-0.25, -0.2) is 4.79 Å². The van der Waals surface area contributed by atoms with E-state index in [-0.39, 0.29) is 23.5 Å². The number of carbonyl (C=O) groups excluding carboxylic acids is 1. The maximum atomic E-state index is 12.1. The first-order valence-corrected chi connectivity index (χ1v) is 7.39. The fourth-order valence-corrected chi connectivity index (χ4v) is 2.30. The Balaban J connectivity index is 1.77. The van der Waals surface area contributed by atoms with Crippen LogP contribution in [0.1, 0.15) is 21.7 Å². The molecule has 0 radical (unpaired) electrons. The molecule has 3 rings (SSSR count). The van der Waals surface area contributed by atoms with Gasteiger partial charge >= 0.3 is 5.97 Å². The van der Waals surface area contributed by atoms with Gasteiger partial charge in [-0.1, -0.05) is 11.6 Å². The Labute approximate surface area is 141 Å². The van der Waals surface area contributed by atoms with E-state index in [0.29, 0.717) is 16.5 Å². The summed E-state index contributed by atoms with van der Waals surface area (Å²) in [5.41, 5.74) is 1.42. The van der Waals surface area contributed by atoms with Gasteiger partial charge in [-0.2, -0.15) is 0 Å². The summed E-state index contributed by atoms with van der Waals surface area (Å²) in [6.45, 7) is 1.76. The zero-order valence-corrected chi connectivity index (χ0v) is 13.2. The average Bonchev–Trinajstić information content (AvgIpc) is 2.60. The maximum absolute atomic E-state index is 12.1. The fourth-order valence-electron chi connectivity index (χ4n) is 2.30. The lowest BCUT2D eigenvalue weighted by Crippen LogP contribution is -2.10. The second kappa shape index (κ2) is 6.56. The van der Waals surface area contributed by atoms with Gasteiger partial charge in [0.2, 0.25) is 5.76 Å². The number of hydrogen-bond donors (Lipinski definition) is 0. The fraction of sp³-hybridized carbons (Fsp3) is 0.111. The topological polar surface area (TPSA) is 99.7 Å². The molecule has 0 N–H and O–H groups in total. The molecule has 1 aromatic heterocycles. The van der Waals surface area contributed by atoms with Gasteiger partial charge in [0.1, 0.15) is 12.2 Å². The van der Waals surface area contributed by atoms with E-state index in [2.05, 4.69) is 0 Å². The van der Waals surface area contributed by atoms with Crippen molar-refractivity contribution in [3.8, 4) is 0 Å². The molecule has 0 aliphatic heterocycles. The number of carbonyl (C=O) groups is 1. The molecule has 0 fully saturated rings. The van der Waals surface area contributed by atoms with Gasteiger partial charge in [-0.3, -0.25) is 14.9 Å². The van der Waals surface area contributed by atoms with Gasteiger partial charge in [0.25, 0.3) is 5.69 Å². The van der Waals surface area contributed by atoms with E-state index in [0.717, 1.165) is 11.6 Å². The normalized spacial score (nSPS) is 10.6. The molecule has 7 heteroatoms. The number of ether oxygens (including phenoxy) is 1. The van der Waals surface area contributed by atoms with Crippen molar-refractivity contribution in [1.82, 2.24) is 0 Å². The molecule has 0 aliphatic carbocycles. The second-order valence-corrected chi connectivity index (χ2v) is 5.47. The highest BCUT2D eigenvalue weighted by Crippen LogP contribution is 2.16. The third-order valence-electron chi connectivity index (χ3n) is 3.60. The van der Waals surface area contributed by atoms with Crippen molar-refractivity contribution in [3.05, 3.63) is 85.8 Å². The number of nitrogens with zero attached hydrogens (tertiary/aromatic N) is 1. The van der Waals surface area contributed by atoms with Crippen LogP contribution in [0.3, 0.4) is 0 Å². The first kappa shape index (κ1) is 16.4. The smallest absolute Gasteiger partial charge is 0.374 e. The van der Waals surface area contributed by atoms with Gasteiger partial charge in [-0.15, -0.1) is 0 Å². The zero-order valence-electron chi connectivity index (χ0n) is 13.2. The number of non-ortho nitro benzene ring substituents is 1. The molecule has 3 aromatic rings. The number of nitro groups is 1. The lowest BCUT2D eigenvalue weighted by atomic mass is 10.1. The van der Waals surface area contributed by atoms with Crippen molar-refractivity contribution in [2.24, 2.45) is 0 Å². The minimum Gasteiger partial charge on any atom is -0.455 e. The van der Waals surface area contributed by atoms with Crippen LogP contribution in [0.5, 0.6) is 0 Å². The van der Waals surface area contributed by atoms with Crippen LogP contribution in [-0.2, 0) is 11.3 Å². The highest BCUT2D eigenvalue weighted by atomic mass is 16.6. The highest BCUT2D eigenvalue weighted by molar-refractivity contribution is 5.89. The van der Waals surface area contributed by atoms with Crippen LogP contribution in [0.4, 0.5) is 5.69 Å². The summed E-state index contributed by atoms with van der Waals surface area (Å²) < 4.78 is 10.5. The molecule has 0 bridgehead atoms. The quantitative estimate of drug-likeness (QED) is 0.410. The second-order valence-electron chi connectivity index (χ2n) is 5.47. The first-order chi connectivity index (χ1) is 11.9. The predicted octanol–water partition coefficient (Wildman–Crippen LogP) is 3.37. The molecule has 0 atom stereocenters. The van der Waals surface area contributed by atoms with Crippen LogP contribution in [-0.4, -0.2) is 10.9 Å². The molecule has 0 saturated carbocycles. The van der Waals surface area contributed by atoms with Gasteiger partial charge in [0.15, 0.2) is 5.43 Å². The number of rotatable bonds is 4. The summed E-state index contributed by atoms with van der Waals surface area (Å²) in [6.07, 6.45) is 0. The third-order valence-corrected chi connectivity index (χ3v) is 3.60. The Hall–Kier alpha value is -3.48. The molecule has 2 aromatic carbocycles. The van der Waals surface area contributed by atoms with Crippen LogP contribution < -0.4 is 5.43 Å². The lowest BCUT2D eigenvalue weighted by Gasteiger charge is -2.05. The summed E-state index contributed by atoms with van der Waals surface area (Å²) in [6, 6.07) is 11.8. The number of nitro benzene ring substituents is 1. The van der Waals surface area contributed by atoms with Crippen molar-refractivity contribution < 1.29 is 18.9 Å². The van der Waals surface area contributed by atoms with Crippen LogP contribution >= 0.6 is 0 Å². The number of aryl methyl sites for hydroxylation is 1. The number of fused-ring (bicyclic) bond motifs is 1. The van der Waals surface area contributed by atoms with Crippen molar-refractivity contribution >= 4 is 22.6 Å². The van der Waals surface area contributed by atoms with Crippen LogP contribution in [0.15, 0.2) is 57.7 Å². The molecule has 25 heavy (non-hydrogen) atoms. The summed E-state index contributed by atoms with van der Waals surface area (Å²) >= 11 is 0. The van der Waals surface area contributed by atoms with Crippen molar-refractivity contribution in [2.45, 2.75) is 13.5 Å². The summed E-state index contributed by atoms with van der Waals surface area (Å²) in [5, 5.41) is 11.0. The van der Waals surface area contributed by atoms with Crippen LogP contribution in [0.2, 0.25) is 0 Å². The Kier molecular flexibility index (Phi) is 4.30. The molecule has 0 unspecified atom stereocenters. The third kappa shape index (κ3) is 3.55. The number of hydrogen-bond acceptors (Lipinski definition) is 6.